The fourth-order valence-corrected chi connectivity index (χ4v) is 1.61. The van der Waals surface area contributed by atoms with Gasteiger partial charge in [0.25, 0.3) is 0 Å². The molecule has 80 valence electrons. The van der Waals surface area contributed by atoms with Crippen LogP contribution in [0, 0.1) is 0 Å². The molecule has 0 aliphatic heterocycles. The van der Waals surface area contributed by atoms with Crippen molar-refractivity contribution in [3.8, 4) is 0 Å². The Labute approximate surface area is 82.7 Å². The zero-order chi connectivity index (χ0) is 10.8. The van der Waals surface area contributed by atoms with Crippen LogP contribution in [0.5, 0.6) is 0 Å². The summed E-state index contributed by atoms with van der Waals surface area (Å²) in [5, 5.41) is 11.4. The van der Waals surface area contributed by atoms with Crippen molar-refractivity contribution in [3.63, 3.8) is 0 Å². The van der Waals surface area contributed by atoms with Crippen LogP contribution in [0.3, 0.4) is 0 Å². The van der Waals surface area contributed by atoms with Crippen LogP contribution in [-0.2, 0) is 9.59 Å². The summed E-state index contributed by atoms with van der Waals surface area (Å²) in [7, 11) is 0. The molecule has 0 saturated heterocycles. The SMILES string of the molecule is C[C@H](N)C(=O)NC1(CC(=O)O)CCC1. The highest BCUT2D eigenvalue weighted by atomic mass is 16.4. The normalized spacial score (nSPS) is 20.7. The number of nitrogens with one attached hydrogen (secondary N) is 1. The maximum atomic E-state index is 11.3. The number of rotatable bonds is 4. The first-order valence-electron chi connectivity index (χ1n) is 4.75. The minimum Gasteiger partial charge on any atom is -0.481 e. The monoisotopic (exact) mass is 200 g/mol. The first-order valence-corrected chi connectivity index (χ1v) is 4.75. The molecule has 0 radical (unpaired) electrons. The van der Waals surface area contributed by atoms with Crippen LogP contribution in [0.1, 0.15) is 32.6 Å². The van der Waals surface area contributed by atoms with Crippen molar-refractivity contribution in [1.82, 2.24) is 5.32 Å². The number of hydrogen-bond donors (Lipinski definition) is 3. The molecule has 1 saturated carbocycles. The van der Waals surface area contributed by atoms with E-state index >= 15 is 0 Å². The van der Waals surface area contributed by atoms with E-state index in [9.17, 15) is 9.59 Å². The van der Waals surface area contributed by atoms with Crippen LogP contribution in [0.15, 0.2) is 0 Å². The summed E-state index contributed by atoms with van der Waals surface area (Å²) < 4.78 is 0. The first kappa shape index (κ1) is 11.0. The number of carbonyl (C=O) groups excluding carboxylic acids is 1. The second-order valence-electron chi connectivity index (χ2n) is 3.98. The highest BCUT2D eigenvalue weighted by Crippen LogP contribution is 2.34. The number of hydrogen-bond acceptors (Lipinski definition) is 3. The van der Waals surface area contributed by atoms with Gasteiger partial charge in [0.15, 0.2) is 0 Å². The maximum absolute atomic E-state index is 11.3. The van der Waals surface area contributed by atoms with Crippen LogP contribution < -0.4 is 11.1 Å². The lowest BCUT2D eigenvalue weighted by atomic mass is 9.74. The number of aliphatic carboxylic acids is 1. The van der Waals surface area contributed by atoms with Gasteiger partial charge in [-0.05, 0) is 26.2 Å². The molecule has 0 aromatic heterocycles. The van der Waals surface area contributed by atoms with E-state index in [1.807, 2.05) is 0 Å². The summed E-state index contributed by atoms with van der Waals surface area (Å²) in [6.45, 7) is 1.59. The smallest absolute Gasteiger partial charge is 0.305 e. The quantitative estimate of drug-likeness (QED) is 0.588. The molecule has 0 bridgehead atoms. The first-order chi connectivity index (χ1) is 6.45. The minimum atomic E-state index is -0.880. The fourth-order valence-electron chi connectivity index (χ4n) is 1.61. The van der Waals surface area contributed by atoms with Crippen molar-refractivity contribution in [2.45, 2.75) is 44.2 Å². The molecule has 5 nitrogen and oxygen atoms in total. The molecule has 4 N–H and O–H groups in total. The second-order valence-corrected chi connectivity index (χ2v) is 3.98. The number of carbonyl (C=O) groups is 2. The lowest BCUT2D eigenvalue weighted by Gasteiger charge is -2.41. The maximum Gasteiger partial charge on any atom is 0.305 e. The number of carboxylic acids is 1. The van der Waals surface area contributed by atoms with E-state index in [0.29, 0.717) is 0 Å². The number of carboxylic acid groups (broad SMARTS) is 1. The Hall–Kier alpha value is -1.10. The molecule has 0 aromatic carbocycles. The van der Waals surface area contributed by atoms with E-state index in [2.05, 4.69) is 5.32 Å². The Bertz CT molecular complexity index is 246. The zero-order valence-corrected chi connectivity index (χ0v) is 8.25. The Morgan fingerprint density at radius 2 is 2.14 bits per heavy atom. The summed E-state index contributed by atoms with van der Waals surface area (Å²) >= 11 is 0. The van der Waals surface area contributed by atoms with E-state index in [-0.39, 0.29) is 12.3 Å². The highest BCUT2D eigenvalue weighted by molar-refractivity contribution is 5.82. The van der Waals surface area contributed by atoms with Crippen LogP contribution in [0.4, 0.5) is 0 Å². The average molecular weight is 200 g/mol. The van der Waals surface area contributed by atoms with Crippen LogP contribution in [0.2, 0.25) is 0 Å². The molecule has 14 heavy (non-hydrogen) atoms. The van der Waals surface area contributed by atoms with E-state index in [1.54, 1.807) is 6.92 Å². The second kappa shape index (κ2) is 3.96. The molecular weight excluding hydrogens is 184 g/mol. The van der Waals surface area contributed by atoms with Crippen LogP contribution >= 0.6 is 0 Å². The van der Waals surface area contributed by atoms with Gasteiger partial charge in [-0.1, -0.05) is 0 Å². The third kappa shape index (κ3) is 2.45. The lowest BCUT2D eigenvalue weighted by molar-refractivity contribution is -0.140. The standard InChI is InChI=1S/C9H16N2O3/c1-6(10)8(14)11-9(3-2-4-9)5-7(12)13/h6H,2-5,10H2,1H3,(H,11,14)(H,12,13)/t6-/m0/s1. The topological polar surface area (TPSA) is 92.4 Å². The molecule has 1 amide bonds. The van der Waals surface area contributed by atoms with Crippen LogP contribution in [0.25, 0.3) is 0 Å². The summed E-state index contributed by atoms with van der Waals surface area (Å²) in [6.07, 6.45) is 2.42. The minimum absolute atomic E-state index is 0.00847. The van der Waals surface area contributed by atoms with Crippen molar-refractivity contribution in [3.05, 3.63) is 0 Å². The van der Waals surface area contributed by atoms with Crippen molar-refractivity contribution in [2.24, 2.45) is 5.73 Å². The van der Waals surface area contributed by atoms with Crippen molar-refractivity contribution in [2.75, 3.05) is 0 Å². The third-order valence-corrected chi connectivity index (χ3v) is 2.60. The Balaban J connectivity index is 2.53. The van der Waals surface area contributed by atoms with Gasteiger partial charge in [0.2, 0.25) is 5.91 Å². The zero-order valence-electron chi connectivity index (χ0n) is 8.25. The fraction of sp³-hybridized carbons (Fsp3) is 0.778. The molecule has 0 unspecified atom stereocenters. The molecule has 1 atom stereocenters. The molecule has 1 fully saturated rings. The van der Waals surface area contributed by atoms with Gasteiger partial charge in [-0.2, -0.15) is 0 Å². The molecule has 0 spiro atoms. The Morgan fingerprint density at radius 3 is 2.43 bits per heavy atom. The van der Waals surface area contributed by atoms with E-state index in [0.717, 1.165) is 19.3 Å². The van der Waals surface area contributed by atoms with Crippen molar-refractivity contribution in [1.29, 1.82) is 0 Å². The molecule has 1 aliphatic carbocycles. The summed E-state index contributed by atoms with van der Waals surface area (Å²) in [4.78, 5) is 21.9. The van der Waals surface area contributed by atoms with E-state index in [4.69, 9.17) is 10.8 Å². The van der Waals surface area contributed by atoms with E-state index in [1.165, 1.54) is 0 Å². The molecule has 1 aliphatic rings. The molecule has 0 aromatic rings. The van der Waals surface area contributed by atoms with Gasteiger partial charge in [-0.15, -0.1) is 0 Å². The predicted octanol–water partition coefficient (Wildman–Crippen LogP) is -0.153. The summed E-state index contributed by atoms with van der Waals surface area (Å²) in [5.74, 6) is -1.15. The molecular formula is C9H16N2O3. The predicted molar refractivity (Wildman–Crippen MR) is 50.6 cm³/mol. The highest BCUT2D eigenvalue weighted by Gasteiger charge is 2.40. The third-order valence-electron chi connectivity index (χ3n) is 2.60. The van der Waals surface area contributed by atoms with E-state index < -0.39 is 17.6 Å². The average Bonchev–Trinajstić information content (AvgIpc) is 1.99. The van der Waals surface area contributed by atoms with Gasteiger partial charge < -0.3 is 16.2 Å². The molecule has 1 rings (SSSR count). The van der Waals surface area contributed by atoms with Crippen LogP contribution in [-0.4, -0.2) is 28.6 Å². The van der Waals surface area contributed by atoms with Gasteiger partial charge in [0, 0.05) is 0 Å². The Morgan fingerprint density at radius 1 is 1.57 bits per heavy atom. The summed E-state index contributed by atoms with van der Waals surface area (Å²) in [5.41, 5.74) is 4.86. The lowest BCUT2D eigenvalue weighted by Crippen LogP contribution is -2.57. The van der Waals surface area contributed by atoms with Crippen molar-refractivity contribution < 1.29 is 14.7 Å². The largest absolute Gasteiger partial charge is 0.481 e. The van der Waals surface area contributed by atoms with Gasteiger partial charge in [-0.25, -0.2) is 0 Å². The van der Waals surface area contributed by atoms with Gasteiger partial charge in [-0.3, -0.25) is 9.59 Å². The molecule has 5 heteroatoms. The number of amides is 1. The van der Waals surface area contributed by atoms with Gasteiger partial charge >= 0.3 is 5.97 Å². The Kier molecular flexibility index (Phi) is 3.10. The van der Waals surface area contributed by atoms with Crippen molar-refractivity contribution >= 4 is 11.9 Å². The summed E-state index contributed by atoms with van der Waals surface area (Å²) in [6, 6.07) is -0.582. The molecule has 0 heterocycles. The van der Waals surface area contributed by atoms with Gasteiger partial charge in [0.05, 0.1) is 18.0 Å². The number of nitrogens with two attached hydrogens (primary N) is 1. The van der Waals surface area contributed by atoms with Gasteiger partial charge in [0.1, 0.15) is 0 Å².